The van der Waals surface area contributed by atoms with Crippen LogP contribution in [0.1, 0.15) is 11.4 Å². The van der Waals surface area contributed by atoms with Crippen molar-refractivity contribution in [3.8, 4) is 0 Å². The zero-order chi connectivity index (χ0) is 26.0. The van der Waals surface area contributed by atoms with Crippen molar-refractivity contribution in [3.05, 3.63) is 38.4 Å². The predicted molar refractivity (Wildman–Crippen MR) is 127 cm³/mol. The smallest absolute Gasteiger partial charge is 0.352 e. The molecular formula is C18H19N9O7S2. The fourth-order valence-corrected chi connectivity index (χ4v) is 5.35. The van der Waals surface area contributed by atoms with Crippen LogP contribution in [0.4, 0.5) is 11.1 Å². The Hall–Kier alpha value is -4.03. The molecule has 0 bridgehead atoms. The molecule has 2 aromatic rings. The maximum Gasteiger partial charge on any atom is 0.352 e. The van der Waals surface area contributed by atoms with E-state index in [2.05, 4.69) is 36.0 Å². The van der Waals surface area contributed by atoms with Crippen molar-refractivity contribution in [2.24, 2.45) is 5.16 Å². The number of hydrogen-bond acceptors (Lipinski definition) is 14. The molecule has 2 atom stereocenters. The number of nitrogens with zero attached hydrogens (tertiary/aromatic N) is 5. The van der Waals surface area contributed by atoms with Crippen LogP contribution >= 0.6 is 23.1 Å². The molecule has 4 heterocycles. The molecule has 190 valence electrons. The lowest BCUT2D eigenvalue weighted by atomic mass is 10.0. The molecular weight excluding hydrogens is 518 g/mol. The van der Waals surface area contributed by atoms with E-state index >= 15 is 0 Å². The number of thioether (sulfide) groups is 1. The molecule has 16 nitrogen and oxygen atoms in total. The number of aliphatic hydroxyl groups is 1. The van der Waals surface area contributed by atoms with Crippen LogP contribution in [0.3, 0.4) is 0 Å². The average molecular weight is 538 g/mol. The van der Waals surface area contributed by atoms with Crippen LogP contribution in [-0.4, -0.2) is 89.6 Å². The Morgan fingerprint density at radius 2 is 2.17 bits per heavy atom. The molecule has 1 saturated heterocycles. The van der Waals surface area contributed by atoms with Gasteiger partial charge in [-0.3, -0.25) is 19.3 Å². The van der Waals surface area contributed by atoms with E-state index in [0.29, 0.717) is 5.57 Å². The number of H-pyrrole nitrogens is 1. The molecule has 0 radical (unpaired) electrons. The highest BCUT2D eigenvalue weighted by Crippen LogP contribution is 2.40. The average Bonchev–Trinajstić information content (AvgIpc) is 3.29. The number of nitrogen functional groups attached to an aromatic ring is 1. The highest BCUT2D eigenvalue weighted by Gasteiger charge is 2.54. The van der Waals surface area contributed by atoms with Crippen LogP contribution in [0.5, 0.6) is 0 Å². The van der Waals surface area contributed by atoms with Crippen molar-refractivity contribution in [3.63, 3.8) is 0 Å². The Morgan fingerprint density at radius 3 is 2.78 bits per heavy atom. The second-order valence-corrected chi connectivity index (χ2v) is 9.25. The number of carboxylic acids is 1. The number of amides is 2. The van der Waals surface area contributed by atoms with Crippen molar-refractivity contribution < 1.29 is 29.4 Å². The zero-order valence-electron chi connectivity index (χ0n) is 18.4. The summed E-state index contributed by atoms with van der Waals surface area (Å²) in [5.74, 6) is -2.50. The van der Waals surface area contributed by atoms with Gasteiger partial charge in [0, 0.05) is 17.7 Å². The second-order valence-electron chi connectivity index (χ2n) is 7.26. The number of aliphatic hydroxyl groups excluding tert-OH is 1. The van der Waals surface area contributed by atoms with Gasteiger partial charge < -0.3 is 31.4 Å². The van der Waals surface area contributed by atoms with Crippen molar-refractivity contribution in [2.75, 3.05) is 30.5 Å². The van der Waals surface area contributed by atoms with Gasteiger partial charge >= 0.3 is 5.97 Å². The van der Waals surface area contributed by atoms with E-state index in [1.54, 1.807) is 0 Å². The van der Waals surface area contributed by atoms with Crippen LogP contribution in [0.15, 0.2) is 26.6 Å². The molecule has 1 unspecified atom stereocenters. The number of rotatable bonds is 9. The lowest BCUT2D eigenvalue weighted by molar-refractivity contribution is -0.150. The van der Waals surface area contributed by atoms with Crippen LogP contribution in [0.25, 0.3) is 0 Å². The Balaban J connectivity index is 1.48. The first-order chi connectivity index (χ1) is 17.2. The minimum atomic E-state index is -1.33. The van der Waals surface area contributed by atoms with E-state index in [9.17, 15) is 24.3 Å². The third kappa shape index (κ3) is 4.72. The van der Waals surface area contributed by atoms with Gasteiger partial charge in [-0.25, -0.2) is 14.9 Å². The summed E-state index contributed by atoms with van der Waals surface area (Å²) < 4.78 is 0. The molecule has 2 aliphatic heterocycles. The summed E-state index contributed by atoms with van der Waals surface area (Å²) in [5, 5.41) is 35.0. The summed E-state index contributed by atoms with van der Waals surface area (Å²) >= 11 is 2.35. The number of aliphatic carboxylic acids is 1. The van der Waals surface area contributed by atoms with Gasteiger partial charge in [-0.15, -0.1) is 23.1 Å². The normalized spacial score (nSPS) is 19.4. The van der Waals surface area contributed by atoms with Crippen LogP contribution in [-0.2, 0) is 25.8 Å². The van der Waals surface area contributed by atoms with E-state index in [1.165, 1.54) is 24.3 Å². The molecule has 7 N–H and O–H groups in total. The second kappa shape index (κ2) is 10.3. The number of carbonyl (C=O) groups is 3. The molecule has 0 spiro atoms. The number of aromatic amines is 1. The van der Waals surface area contributed by atoms with Gasteiger partial charge in [0.2, 0.25) is 5.95 Å². The third-order valence-electron chi connectivity index (χ3n) is 5.07. The molecule has 2 aromatic heterocycles. The first-order valence-corrected chi connectivity index (χ1v) is 12.0. The van der Waals surface area contributed by atoms with Crippen LogP contribution < -0.4 is 21.9 Å². The molecule has 0 aromatic carbocycles. The zero-order valence-corrected chi connectivity index (χ0v) is 20.1. The number of anilines is 2. The molecule has 1 fully saturated rings. The number of fused-ring (bicyclic) bond motifs is 1. The summed E-state index contributed by atoms with van der Waals surface area (Å²) in [6.07, 6.45) is 0. The molecule has 0 saturated carbocycles. The fraction of sp³-hybridized carbons (Fsp3) is 0.333. The number of nitrogens with two attached hydrogens (primary N) is 1. The van der Waals surface area contributed by atoms with E-state index in [1.807, 2.05) is 0 Å². The number of nitrogens with one attached hydrogen (secondary N) is 3. The van der Waals surface area contributed by atoms with Crippen molar-refractivity contribution in [1.82, 2.24) is 30.4 Å². The number of thiazole rings is 1. The summed E-state index contributed by atoms with van der Waals surface area (Å²) in [6.45, 7) is -0.637. The van der Waals surface area contributed by atoms with Gasteiger partial charge in [0.1, 0.15) is 29.9 Å². The summed E-state index contributed by atoms with van der Waals surface area (Å²) in [7, 11) is 1.25. The topological polar surface area (TPSA) is 238 Å². The largest absolute Gasteiger partial charge is 0.477 e. The fourth-order valence-electron chi connectivity index (χ4n) is 3.45. The Bertz CT molecular complexity index is 1340. The number of carboxylic acid groups (broad SMARTS) is 1. The molecule has 2 aliphatic rings. The van der Waals surface area contributed by atoms with Gasteiger partial charge in [-0.2, -0.15) is 10.1 Å². The Morgan fingerprint density at radius 1 is 1.39 bits per heavy atom. The summed E-state index contributed by atoms with van der Waals surface area (Å²) in [6, 6.07) is -1.00. The predicted octanol–water partition coefficient (Wildman–Crippen LogP) is -2.10. The number of aromatic nitrogens is 4. The van der Waals surface area contributed by atoms with Crippen LogP contribution in [0, 0.1) is 0 Å². The highest BCUT2D eigenvalue weighted by atomic mass is 32.2. The third-order valence-corrected chi connectivity index (χ3v) is 7.09. The van der Waals surface area contributed by atoms with Gasteiger partial charge in [-0.1, -0.05) is 5.16 Å². The summed E-state index contributed by atoms with van der Waals surface area (Å²) in [5.41, 5.74) is 4.82. The lowest BCUT2D eigenvalue weighted by Gasteiger charge is -2.49. The van der Waals surface area contributed by atoms with Crippen molar-refractivity contribution in [1.29, 1.82) is 0 Å². The highest BCUT2D eigenvalue weighted by molar-refractivity contribution is 8.00. The molecule has 0 aliphatic carbocycles. The Kier molecular flexibility index (Phi) is 7.17. The van der Waals surface area contributed by atoms with E-state index < -0.39 is 41.4 Å². The van der Waals surface area contributed by atoms with Gasteiger partial charge in [0.05, 0.1) is 6.61 Å². The first kappa shape index (κ1) is 25.1. The van der Waals surface area contributed by atoms with Gasteiger partial charge in [0.15, 0.2) is 16.5 Å². The molecule has 18 heteroatoms. The molecule has 36 heavy (non-hydrogen) atoms. The maximum atomic E-state index is 12.9. The first-order valence-electron chi connectivity index (χ1n) is 10.1. The Labute approximate surface area is 209 Å². The SMILES string of the molecule is CO/N=C(\C(=O)NC1C(=O)N2C(C(=O)O)=C(CNc3nc(=O)c(CO)n[nH]3)CS[C@@H]12)c1csc(N)n1. The quantitative estimate of drug-likeness (QED) is 0.114. The lowest BCUT2D eigenvalue weighted by Crippen LogP contribution is -2.71. The van der Waals surface area contributed by atoms with Crippen molar-refractivity contribution in [2.45, 2.75) is 18.0 Å². The number of hydrogen-bond donors (Lipinski definition) is 6. The molecule has 4 rings (SSSR count). The van der Waals surface area contributed by atoms with Gasteiger partial charge in [-0.05, 0) is 5.57 Å². The van der Waals surface area contributed by atoms with E-state index in [0.717, 1.165) is 16.2 Å². The van der Waals surface area contributed by atoms with E-state index in [-0.39, 0.29) is 46.2 Å². The van der Waals surface area contributed by atoms with Gasteiger partial charge in [0.25, 0.3) is 17.4 Å². The minimum Gasteiger partial charge on any atom is -0.477 e. The number of oxime groups is 1. The standard InChI is InChI=1S/C18H19N9O7S2/c1-34-26-9(8-5-36-17(19)21-8)13(30)22-10-14(31)27-11(16(32)33)6(4-35-15(10)27)2-20-18-23-12(29)7(3-28)24-25-18/h5,10,15,28H,2-4H2,1H3,(H2,19,21)(H,22,30)(H,32,33)(H2,20,23,25,29)/b26-9-/t10?,15-/m0/s1. The number of β-lactam (4-membered cyclic amide) rings is 1. The number of carbonyl (C=O) groups excluding carboxylic acids is 2. The monoisotopic (exact) mass is 537 g/mol. The van der Waals surface area contributed by atoms with E-state index in [4.69, 9.17) is 15.7 Å². The summed E-state index contributed by atoms with van der Waals surface area (Å²) in [4.78, 5) is 62.9. The maximum absolute atomic E-state index is 12.9. The van der Waals surface area contributed by atoms with Crippen LogP contribution in [0.2, 0.25) is 0 Å². The van der Waals surface area contributed by atoms with Crippen molar-refractivity contribution >= 4 is 57.7 Å². The molecule has 2 amide bonds. The minimum absolute atomic E-state index is 0.0331.